The molecule has 2 aliphatic carbocycles. The maximum absolute atomic E-state index is 4.25. The van der Waals surface area contributed by atoms with Crippen LogP contribution in [0.1, 0.15) is 22.3 Å². The summed E-state index contributed by atoms with van der Waals surface area (Å²) < 4.78 is 0. The molecule has 0 fully saturated rings. The number of nitrogens with zero attached hydrogens (tertiary/aromatic N) is 2. The van der Waals surface area contributed by atoms with Gasteiger partial charge in [-0.15, -0.1) is 0 Å². The van der Waals surface area contributed by atoms with E-state index in [1.807, 2.05) is 24.8 Å². The minimum atomic E-state index is -0.423. The number of benzene rings is 9. The second-order valence-electron chi connectivity index (χ2n) is 17.7. The van der Waals surface area contributed by atoms with Crippen molar-refractivity contribution in [3.05, 3.63) is 278 Å². The monoisotopic (exact) mass is 850 g/mol. The summed E-state index contributed by atoms with van der Waals surface area (Å²) in [5, 5.41) is 0. The van der Waals surface area contributed by atoms with Gasteiger partial charge in [-0.1, -0.05) is 164 Å². The van der Waals surface area contributed by atoms with Gasteiger partial charge in [-0.05, 0) is 189 Å². The van der Waals surface area contributed by atoms with E-state index >= 15 is 0 Å². The first kappa shape index (κ1) is 38.7. The van der Waals surface area contributed by atoms with Gasteiger partial charge in [-0.2, -0.15) is 0 Å². The molecular weight excluding hydrogens is 809 g/mol. The van der Waals surface area contributed by atoms with Gasteiger partial charge in [0.1, 0.15) is 0 Å². The maximum Gasteiger partial charge on any atom is 0.0725 e. The fourth-order valence-corrected chi connectivity index (χ4v) is 11.1. The van der Waals surface area contributed by atoms with Gasteiger partial charge in [0.05, 0.1) is 5.41 Å². The lowest BCUT2D eigenvalue weighted by atomic mass is 9.70. The molecule has 0 aliphatic heterocycles. The van der Waals surface area contributed by atoms with Gasteiger partial charge in [0, 0.05) is 24.8 Å². The number of aromatic nitrogens is 2. The van der Waals surface area contributed by atoms with E-state index in [4.69, 9.17) is 0 Å². The first-order valence-electron chi connectivity index (χ1n) is 23.0. The van der Waals surface area contributed by atoms with Crippen LogP contribution in [0.5, 0.6) is 0 Å². The SMILES string of the molecule is c1cc(-c2ccncc2)cc(-c2cccc(-c3cc(-c4cccc(-c5cccc(-c6ccncc6)c5)c4)cc(-c4cccc5c4-c4ccccc4C54c5ccccc5-c5ccccc54)c3)c2)c1. The largest absolute Gasteiger partial charge is 0.265 e. The van der Waals surface area contributed by atoms with E-state index in [0.29, 0.717) is 0 Å². The summed E-state index contributed by atoms with van der Waals surface area (Å²) in [6.45, 7) is 0. The zero-order chi connectivity index (χ0) is 44.3. The third-order valence-electron chi connectivity index (χ3n) is 14.1. The molecule has 11 aromatic rings. The summed E-state index contributed by atoms with van der Waals surface area (Å²) >= 11 is 0. The van der Waals surface area contributed by atoms with Gasteiger partial charge in [0.2, 0.25) is 0 Å². The highest BCUT2D eigenvalue weighted by molar-refractivity contribution is 6.01. The molecule has 0 saturated carbocycles. The standard InChI is InChI=1S/C65H42N2/c1-4-24-60-57(20-1)58-21-2-5-25-61(58)65(60)62-26-6-3-22-59(62)64-56(23-11-27-63(64)65)55-41-53(51-18-9-16-49(38-51)47-14-7-12-45(36-47)43-28-32-66-33-29-43)40-54(42-55)52-19-10-17-50(39-52)48-15-8-13-46(37-48)44-30-34-67-35-31-44/h1-42H. The Balaban J connectivity index is 1.01. The van der Waals surface area contributed by atoms with Crippen LogP contribution in [0.3, 0.4) is 0 Å². The van der Waals surface area contributed by atoms with Crippen LogP contribution in [0.2, 0.25) is 0 Å². The molecule has 13 rings (SSSR count). The van der Waals surface area contributed by atoms with Crippen molar-refractivity contribution in [1.29, 1.82) is 0 Å². The highest BCUT2D eigenvalue weighted by Crippen LogP contribution is 2.64. The van der Waals surface area contributed by atoms with Crippen LogP contribution in [0, 0.1) is 0 Å². The molecule has 0 radical (unpaired) electrons. The Kier molecular flexibility index (Phi) is 9.11. The van der Waals surface area contributed by atoms with E-state index in [-0.39, 0.29) is 0 Å². The van der Waals surface area contributed by atoms with Gasteiger partial charge in [-0.3, -0.25) is 9.97 Å². The highest BCUT2D eigenvalue weighted by Gasteiger charge is 2.52. The van der Waals surface area contributed by atoms with Crippen molar-refractivity contribution < 1.29 is 0 Å². The first-order valence-corrected chi connectivity index (χ1v) is 23.0. The van der Waals surface area contributed by atoms with Crippen molar-refractivity contribution in [1.82, 2.24) is 9.97 Å². The Morgan fingerprint density at radius 2 is 0.507 bits per heavy atom. The minimum Gasteiger partial charge on any atom is -0.265 e. The molecule has 312 valence electrons. The Morgan fingerprint density at radius 1 is 0.209 bits per heavy atom. The molecule has 0 amide bonds. The number of pyridine rings is 2. The van der Waals surface area contributed by atoms with E-state index in [1.54, 1.807) is 0 Å². The molecule has 2 nitrogen and oxygen atoms in total. The molecule has 0 bridgehead atoms. The molecule has 0 atom stereocenters. The maximum atomic E-state index is 4.25. The second kappa shape index (κ2) is 15.8. The van der Waals surface area contributed by atoms with Crippen molar-refractivity contribution in [3.63, 3.8) is 0 Å². The number of hydrogen-bond donors (Lipinski definition) is 0. The third-order valence-corrected chi connectivity index (χ3v) is 14.1. The number of hydrogen-bond acceptors (Lipinski definition) is 2. The molecule has 2 heterocycles. The van der Waals surface area contributed by atoms with Crippen molar-refractivity contribution in [2.24, 2.45) is 0 Å². The molecule has 0 saturated heterocycles. The van der Waals surface area contributed by atoms with Gasteiger partial charge in [-0.25, -0.2) is 0 Å². The Bertz CT molecular complexity index is 3510. The van der Waals surface area contributed by atoms with Crippen LogP contribution >= 0.6 is 0 Å². The summed E-state index contributed by atoms with van der Waals surface area (Å²) in [5.74, 6) is 0. The van der Waals surface area contributed by atoms with Crippen LogP contribution in [-0.4, -0.2) is 9.97 Å². The van der Waals surface area contributed by atoms with E-state index in [9.17, 15) is 0 Å². The predicted octanol–water partition coefficient (Wildman–Crippen LogP) is 16.5. The van der Waals surface area contributed by atoms with Gasteiger partial charge >= 0.3 is 0 Å². The highest BCUT2D eigenvalue weighted by atomic mass is 14.6. The third kappa shape index (κ3) is 6.33. The summed E-state index contributed by atoms with van der Waals surface area (Å²) in [6.07, 6.45) is 7.42. The summed E-state index contributed by atoms with van der Waals surface area (Å²) in [4.78, 5) is 8.51. The Labute approximate surface area is 391 Å². The fourth-order valence-electron chi connectivity index (χ4n) is 11.1. The average molecular weight is 851 g/mol. The first-order chi connectivity index (χ1) is 33.2. The molecular formula is C65H42N2. The molecule has 67 heavy (non-hydrogen) atoms. The van der Waals surface area contributed by atoms with Crippen LogP contribution in [-0.2, 0) is 5.41 Å². The Morgan fingerprint density at radius 3 is 0.955 bits per heavy atom. The van der Waals surface area contributed by atoms with Crippen molar-refractivity contribution in [2.75, 3.05) is 0 Å². The van der Waals surface area contributed by atoms with E-state index in [1.165, 1.54) is 111 Å². The molecule has 1 spiro atoms. The lowest BCUT2D eigenvalue weighted by Crippen LogP contribution is -2.25. The number of fused-ring (bicyclic) bond motifs is 10. The van der Waals surface area contributed by atoms with Crippen LogP contribution < -0.4 is 0 Å². The molecule has 2 aromatic heterocycles. The lowest BCUT2D eigenvalue weighted by molar-refractivity contribution is 0.794. The summed E-state index contributed by atoms with van der Waals surface area (Å²) in [7, 11) is 0. The zero-order valence-corrected chi connectivity index (χ0v) is 36.6. The summed E-state index contributed by atoms with van der Waals surface area (Å²) in [6, 6.07) is 85.4. The second-order valence-corrected chi connectivity index (χ2v) is 17.7. The van der Waals surface area contributed by atoms with Crippen molar-refractivity contribution >= 4 is 0 Å². The van der Waals surface area contributed by atoms with Crippen LogP contribution in [0.4, 0.5) is 0 Å². The minimum absolute atomic E-state index is 0.423. The van der Waals surface area contributed by atoms with E-state index in [2.05, 4.69) is 240 Å². The molecule has 2 aliphatic rings. The van der Waals surface area contributed by atoms with Gasteiger partial charge in [0.25, 0.3) is 0 Å². The van der Waals surface area contributed by atoms with E-state index in [0.717, 1.165) is 11.1 Å². The number of rotatable bonds is 7. The predicted molar refractivity (Wildman–Crippen MR) is 276 cm³/mol. The van der Waals surface area contributed by atoms with Crippen molar-refractivity contribution in [3.8, 4) is 100 Å². The quantitative estimate of drug-likeness (QED) is 0.160. The summed E-state index contributed by atoms with van der Waals surface area (Å²) in [5.41, 5.74) is 26.6. The topological polar surface area (TPSA) is 25.8 Å². The zero-order valence-electron chi connectivity index (χ0n) is 36.6. The lowest BCUT2D eigenvalue weighted by Gasteiger charge is -2.30. The Hall–Kier alpha value is -8.72. The molecule has 0 N–H and O–H groups in total. The molecule has 9 aromatic carbocycles. The van der Waals surface area contributed by atoms with Gasteiger partial charge < -0.3 is 0 Å². The smallest absolute Gasteiger partial charge is 0.0725 e. The van der Waals surface area contributed by atoms with Crippen LogP contribution in [0.15, 0.2) is 255 Å². The normalized spacial score (nSPS) is 12.6. The van der Waals surface area contributed by atoms with Crippen molar-refractivity contribution in [2.45, 2.75) is 5.41 Å². The fraction of sp³-hybridized carbons (Fsp3) is 0.0154. The molecule has 2 heteroatoms. The molecule has 0 unspecified atom stereocenters. The average Bonchev–Trinajstić information content (AvgIpc) is 3.89. The van der Waals surface area contributed by atoms with Gasteiger partial charge in [0.15, 0.2) is 0 Å². The van der Waals surface area contributed by atoms with E-state index < -0.39 is 5.41 Å². The van der Waals surface area contributed by atoms with Crippen LogP contribution in [0.25, 0.3) is 100 Å².